The molecule has 6 heteroatoms. The minimum atomic E-state index is 0.0359. The molecule has 0 radical (unpaired) electrons. The van der Waals surface area contributed by atoms with Gasteiger partial charge in [0, 0.05) is 18.6 Å². The molecule has 0 bridgehead atoms. The van der Waals surface area contributed by atoms with Crippen LogP contribution in [0.15, 0.2) is 34.2 Å². The largest absolute Gasteiger partial charge is 0.339 e. The average Bonchev–Trinajstić information content (AvgIpc) is 3.21. The van der Waals surface area contributed by atoms with Crippen molar-refractivity contribution in [2.24, 2.45) is 0 Å². The van der Waals surface area contributed by atoms with E-state index in [4.69, 9.17) is 4.98 Å². The van der Waals surface area contributed by atoms with Crippen molar-refractivity contribution in [2.75, 3.05) is 12.3 Å². The highest BCUT2D eigenvalue weighted by Gasteiger charge is 2.26. The average molecular weight is 386 g/mol. The molecule has 1 saturated carbocycles. The number of piperidine rings is 1. The Bertz CT molecular complexity index is 889. The molecule has 1 amide bonds. The molecule has 2 heterocycles. The van der Waals surface area contributed by atoms with Crippen LogP contribution in [0.4, 0.5) is 0 Å². The molecule has 4 rings (SSSR count). The Hall–Kier alpha value is -1.82. The summed E-state index contributed by atoms with van der Waals surface area (Å²) in [5.74, 6) is 0.509. The summed E-state index contributed by atoms with van der Waals surface area (Å²) >= 11 is 1.43. The third kappa shape index (κ3) is 3.77. The predicted molar refractivity (Wildman–Crippen MR) is 109 cm³/mol. The molecule has 0 unspecified atom stereocenters. The summed E-state index contributed by atoms with van der Waals surface area (Å²) in [6, 6.07) is 8.05. The van der Waals surface area contributed by atoms with Crippen LogP contribution < -0.4 is 5.56 Å². The molecule has 5 nitrogen and oxygen atoms in total. The number of rotatable bonds is 4. The van der Waals surface area contributed by atoms with E-state index in [-0.39, 0.29) is 17.5 Å². The number of hydrogen-bond acceptors (Lipinski definition) is 4. The Kier molecular flexibility index (Phi) is 5.53. The number of benzene rings is 1. The van der Waals surface area contributed by atoms with Gasteiger partial charge in [0.2, 0.25) is 5.91 Å². The van der Waals surface area contributed by atoms with Gasteiger partial charge in [0.15, 0.2) is 5.16 Å². The molecule has 1 aliphatic carbocycles. The van der Waals surface area contributed by atoms with Crippen LogP contribution in [-0.4, -0.2) is 38.7 Å². The number of para-hydroxylation sites is 1. The van der Waals surface area contributed by atoms with Crippen molar-refractivity contribution in [1.82, 2.24) is 14.5 Å². The van der Waals surface area contributed by atoms with E-state index in [2.05, 4.69) is 6.92 Å². The highest BCUT2D eigenvalue weighted by atomic mass is 32.2. The van der Waals surface area contributed by atoms with E-state index in [0.29, 0.717) is 22.3 Å². The quantitative estimate of drug-likeness (QED) is 0.589. The molecule has 2 fully saturated rings. The Morgan fingerprint density at radius 3 is 2.67 bits per heavy atom. The van der Waals surface area contributed by atoms with Gasteiger partial charge in [-0.2, -0.15) is 0 Å². The number of amides is 1. The lowest BCUT2D eigenvalue weighted by Crippen LogP contribution is -2.43. The van der Waals surface area contributed by atoms with Gasteiger partial charge in [0.1, 0.15) is 0 Å². The van der Waals surface area contributed by atoms with Crippen LogP contribution in [0.5, 0.6) is 0 Å². The van der Waals surface area contributed by atoms with Gasteiger partial charge in [0.05, 0.1) is 16.7 Å². The molecule has 1 atom stereocenters. The minimum absolute atomic E-state index is 0.0359. The van der Waals surface area contributed by atoms with Crippen LogP contribution in [0, 0.1) is 0 Å². The number of carbonyl (C=O) groups excluding carboxylic acids is 1. The van der Waals surface area contributed by atoms with E-state index in [9.17, 15) is 9.59 Å². The smallest absolute Gasteiger partial charge is 0.262 e. The number of hydrogen-bond donors (Lipinski definition) is 0. The molecule has 1 aliphatic heterocycles. The van der Waals surface area contributed by atoms with Crippen LogP contribution in [0.25, 0.3) is 10.9 Å². The molecule has 1 aromatic carbocycles. The van der Waals surface area contributed by atoms with Crippen molar-refractivity contribution in [3.05, 3.63) is 34.6 Å². The summed E-state index contributed by atoms with van der Waals surface area (Å²) in [6.07, 6.45) is 7.70. The predicted octanol–water partition coefficient (Wildman–Crippen LogP) is 4.00. The van der Waals surface area contributed by atoms with E-state index in [1.807, 2.05) is 33.7 Å². The second kappa shape index (κ2) is 8.05. The van der Waals surface area contributed by atoms with Crippen LogP contribution in [0.1, 0.15) is 57.9 Å². The molecule has 0 N–H and O–H groups in total. The number of carbonyl (C=O) groups is 1. The summed E-state index contributed by atoms with van der Waals surface area (Å²) in [7, 11) is 0. The van der Waals surface area contributed by atoms with Crippen molar-refractivity contribution in [2.45, 2.75) is 69.1 Å². The zero-order chi connectivity index (χ0) is 18.8. The first-order valence-electron chi connectivity index (χ1n) is 10.1. The van der Waals surface area contributed by atoms with E-state index >= 15 is 0 Å². The van der Waals surface area contributed by atoms with Crippen LogP contribution in [0.2, 0.25) is 0 Å². The third-order valence-electron chi connectivity index (χ3n) is 5.91. The fraction of sp³-hybridized carbons (Fsp3) is 0.571. The van der Waals surface area contributed by atoms with E-state index in [0.717, 1.165) is 50.6 Å². The zero-order valence-electron chi connectivity index (χ0n) is 15.9. The highest BCUT2D eigenvalue weighted by molar-refractivity contribution is 7.99. The highest BCUT2D eigenvalue weighted by Crippen LogP contribution is 2.32. The van der Waals surface area contributed by atoms with Crippen LogP contribution >= 0.6 is 11.8 Å². The summed E-state index contributed by atoms with van der Waals surface area (Å²) in [5, 5.41) is 1.37. The molecule has 1 aromatic heterocycles. The second-order valence-corrected chi connectivity index (χ2v) is 8.69. The summed E-state index contributed by atoms with van der Waals surface area (Å²) in [6.45, 7) is 2.98. The third-order valence-corrected chi connectivity index (χ3v) is 6.85. The summed E-state index contributed by atoms with van der Waals surface area (Å²) in [5.41, 5.74) is 0.756. The lowest BCUT2D eigenvalue weighted by molar-refractivity contribution is -0.131. The molecular formula is C21H27N3O2S. The zero-order valence-corrected chi connectivity index (χ0v) is 16.7. The SMILES string of the molecule is C[C@@H]1CCCCN1C(=O)CSc1nc2ccccc2c(=O)n1C1CCCC1. The fourth-order valence-electron chi connectivity index (χ4n) is 4.39. The second-order valence-electron chi connectivity index (χ2n) is 7.75. The number of fused-ring (bicyclic) bond motifs is 1. The Morgan fingerprint density at radius 1 is 1.15 bits per heavy atom. The van der Waals surface area contributed by atoms with Gasteiger partial charge in [-0.05, 0) is 51.2 Å². The molecular weight excluding hydrogens is 358 g/mol. The van der Waals surface area contributed by atoms with Gasteiger partial charge in [-0.3, -0.25) is 14.2 Å². The van der Waals surface area contributed by atoms with E-state index in [1.165, 1.54) is 18.2 Å². The minimum Gasteiger partial charge on any atom is -0.339 e. The number of aromatic nitrogens is 2. The monoisotopic (exact) mass is 385 g/mol. The molecule has 144 valence electrons. The van der Waals surface area contributed by atoms with Gasteiger partial charge in [0.25, 0.3) is 5.56 Å². The number of nitrogens with zero attached hydrogens (tertiary/aromatic N) is 3. The molecule has 1 saturated heterocycles. The Balaban J connectivity index is 1.62. The van der Waals surface area contributed by atoms with Gasteiger partial charge >= 0.3 is 0 Å². The Morgan fingerprint density at radius 2 is 1.89 bits per heavy atom. The van der Waals surface area contributed by atoms with Crippen molar-refractivity contribution in [1.29, 1.82) is 0 Å². The van der Waals surface area contributed by atoms with Crippen molar-refractivity contribution in [3.8, 4) is 0 Å². The van der Waals surface area contributed by atoms with E-state index < -0.39 is 0 Å². The maximum absolute atomic E-state index is 13.1. The Labute approximate surface area is 164 Å². The standard InChI is InChI=1S/C21H27N3O2S/c1-15-8-6-7-13-23(15)19(25)14-27-21-22-18-12-5-4-11-17(18)20(26)24(21)16-9-2-3-10-16/h4-5,11-12,15-16H,2-3,6-10,13-14H2,1H3/t15-/m1/s1. The first-order chi connectivity index (χ1) is 13.1. The lowest BCUT2D eigenvalue weighted by atomic mass is 10.0. The topological polar surface area (TPSA) is 55.2 Å². The summed E-state index contributed by atoms with van der Waals surface area (Å²) in [4.78, 5) is 32.7. The van der Waals surface area contributed by atoms with Crippen molar-refractivity contribution < 1.29 is 4.79 Å². The molecule has 2 aliphatic rings. The van der Waals surface area contributed by atoms with Crippen LogP contribution in [0.3, 0.4) is 0 Å². The molecule has 2 aromatic rings. The van der Waals surface area contributed by atoms with Crippen LogP contribution in [-0.2, 0) is 4.79 Å². The first-order valence-corrected chi connectivity index (χ1v) is 11.1. The van der Waals surface area contributed by atoms with Gasteiger partial charge in [-0.15, -0.1) is 0 Å². The number of thioether (sulfide) groups is 1. The first kappa shape index (κ1) is 18.5. The molecule has 0 spiro atoms. The van der Waals surface area contributed by atoms with Gasteiger partial charge < -0.3 is 4.90 Å². The van der Waals surface area contributed by atoms with Crippen molar-refractivity contribution >= 4 is 28.6 Å². The lowest BCUT2D eigenvalue weighted by Gasteiger charge is -2.33. The van der Waals surface area contributed by atoms with Gasteiger partial charge in [-0.1, -0.05) is 36.7 Å². The maximum Gasteiger partial charge on any atom is 0.262 e. The van der Waals surface area contributed by atoms with Crippen molar-refractivity contribution in [3.63, 3.8) is 0 Å². The fourth-order valence-corrected chi connectivity index (χ4v) is 5.34. The molecule has 27 heavy (non-hydrogen) atoms. The summed E-state index contributed by atoms with van der Waals surface area (Å²) < 4.78 is 1.87. The normalized spacial score (nSPS) is 21.1. The maximum atomic E-state index is 13.1. The van der Waals surface area contributed by atoms with Gasteiger partial charge in [-0.25, -0.2) is 4.98 Å². The van der Waals surface area contributed by atoms with E-state index in [1.54, 1.807) is 0 Å². The number of likely N-dealkylation sites (tertiary alicyclic amines) is 1.